The van der Waals surface area contributed by atoms with E-state index in [1.165, 1.54) is 27.4 Å². The lowest BCUT2D eigenvalue weighted by atomic mass is 9.86. The standard InChI is InChI=1S/C47H35N3/c1-33-15-13-14-30-49(45-32-46-42(31-41(33)45)40-21-10-12-23-44(40)50(46)38-19-7-4-8-20-38)37-27-24-36(25-28-37)47-39(34-16-5-3-6-17-34)29-26-35-18-9-11-22-43(35)48(47)2/h3-25,27-28,30-32,39,47H,1H2,2H3/b15-13-,30-14-. The molecule has 0 saturated carbocycles. The molecule has 3 heteroatoms. The van der Waals surface area contributed by atoms with Crippen LogP contribution in [-0.4, -0.2) is 11.6 Å². The Morgan fingerprint density at radius 2 is 1.32 bits per heavy atom. The summed E-state index contributed by atoms with van der Waals surface area (Å²) >= 11 is 0. The Morgan fingerprint density at radius 1 is 0.600 bits per heavy atom. The van der Waals surface area contributed by atoms with Crippen molar-refractivity contribution in [2.75, 3.05) is 16.8 Å². The summed E-state index contributed by atoms with van der Waals surface area (Å²) < 4.78 is 2.37. The monoisotopic (exact) mass is 641 g/mol. The van der Waals surface area contributed by atoms with E-state index >= 15 is 0 Å². The smallest absolute Gasteiger partial charge is 0.0718 e. The SMILES string of the molecule is C=C1/C=C\C=C/N(c2ccc(C3C(c4ccccc4)C#Cc4ccccc4N3C)cc2)c2cc3c(cc21)c1ccccc1n3-c1ccccc1. The lowest BCUT2D eigenvalue weighted by Gasteiger charge is -2.34. The van der Waals surface area contributed by atoms with Gasteiger partial charge in [0.1, 0.15) is 0 Å². The molecule has 2 aliphatic heterocycles. The average molecular weight is 642 g/mol. The van der Waals surface area contributed by atoms with Crippen molar-refractivity contribution < 1.29 is 0 Å². The molecule has 3 heterocycles. The van der Waals surface area contributed by atoms with Gasteiger partial charge in [-0.25, -0.2) is 0 Å². The minimum atomic E-state index is 0.00317. The van der Waals surface area contributed by atoms with Crippen LogP contribution < -0.4 is 9.80 Å². The largest absolute Gasteiger partial charge is 0.365 e. The molecule has 0 amide bonds. The van der Waals surface area contributed by atoms with Crippen molar-refractivity contribution in [3.63, 3.8) is 0 Å². The molecular weight excluding hydrogens is 607 g/mol. The van der Waals surface area contributed by atoms with Gasteiger partial charge in [-0.3, -0.25) is 0 Å². The fourth-order valence-electron chi connectivity index (χ4n) is 7.69. The second-order valence-electron chi connectivity index (χ2n) is 13.0. The number of allylic oxidation sites excluding steroid dienone is 4. The molecule has 2 atom stereocenters. The molecule has 9 rings (SSSR count). The molecule has 7 aromatic rings. The minimum absolute atomic E-state index is 0.00317. The summed E-state index contributed by atoms with van der Waals surface area (Å²) in [7, 11) is 2.19. The van der Waals surface area contributed by atoms with Crippen molar-refractivity contribution >= 4 is 44.4 Å². The molecule has 50 heavy (non-hydrogen) atoms. The summed E-state index contributed by atoms with van der Waals surface area (Å²) in [6.07, 6.45) is 8.42. The number of anilines is 3. The molecule has 2 aliphatic rings. The topological polar surface area (TPSA) is 11.4 Å². The number of rotatable bonds is 4. The lowest BCUT2D eigenvalue weighted by molar-refractivity contribution is 0.621. The number of hydrogen-bond donors (Lipinski definition) is 0. The van der Waals surface area contributed by atoms with E-state index in [1.54, 1.807) is 0 Å². The third kappa shape index (κ3) is 4.93. The normalized spacial score (nSPS) is 18.0. The maximum atomic E-state index is 4.51. The predicted molar refractivity (Wildman–Crippen MR) is 210 cm³/mol. The zero-order valence-electron chi connectivity index (χ0n) is 27.9. The Kier molecular flexibility index (Phi) is 7.22. The highest BCUT2D eigenvalue weighted by Crippen LogP contribution is 2.44. The molecule has 0 radical (unpaired) electrons. The first kappa shape index (κ1) is 29.6. The average Bonchev–Trinajstić information content (AvgIpc) is 3.41. The van der Waals surface area contributed by atoms with Crippen LogP contribution in [0.1, 0.15) is 34.2 Å². The first-order valence-corrected chi connectivity index (χ1v) is 17.1. The summed E-state index contributed by atoms with van der Waals surface area (Å²) in [4.78, 5) is 4.68. The van der Waals surface area contributed by atoms with E-state index < -0.39 is 0 Å². The molecule has 0 spiro atoms. The van der Waals surface area contributed by atoms with Gasteiger partial charge >= 0.3 is 0 Å². The number of aromatic nitrogens is 1. The number of para-hydroxylation sites is 3. The molecule has 0 bridgehead atoms. The van der Waals surface area contributed by atoms with Gasteiger partial charge in [-0.05, 0) is 77.4 Å². The van der Waals surface area contributed by atoms with E-state index in [9.17, 15) is 0 Å². The zero-order valence-corrected chi connectivity index (χ0v) is 27.9. The quantitative estimate of drug-likeness (QED) is 0.177. The Labute approximate surface area is 293 Å². The highest BCUT2D eigenvalue weighted by atomic mass is 15.1. The van der Waals surface area contributed by atoms with Crippen LogP contribution in [0.2, 0.25) is 0 Å². The van der Waals surface area contributed by atoms with Crippen LogP contribution in [-0.2, 0) is 0 Å². The van der Waals surface area contributed by atoms with Gasteiger partial charge in [0.2, 0.25) is 0 Å². The Bertz CT molecular complexity index is 2530. The van der Waals surface area contributed by atoms with E-state index in [0.717, 1.165) is 45.0 Å². The van der Waals surface area contributed by atoms with E-state index in [0.29, 0.717) is 0 Å². The first-order chi connectivity index (χ1) is 24.7. The van der Waals surface area contributed by atoms with Crippen molar-refractivity contribution in [2.24, 2.45) is 0 Å². The third-order valence-corrected chi connectivity index (χ3v) is 10.1. The second kappa shape index (κ2) is 12.2. The zero-order chi connectivity index (χ0) is 33.6. The summed E-state index contributed by atoms with van der Waals surface area (Å²) in [5.41, 5.74) is 12.4. The van der Waals surface area contributed by atoms with Crippen molar-refractivity contribution in [3.8, 4) is 17.5 Å². The van der Waals surface area contributed by atoms with Crippen LogP contribution in [0.15, 0.2) is 177 Å². The summed E-state index contributed by atoms with van der Waals surface area (Å²) in [6, 6.07) is 52.2. The Morgan fingerprint density at radius 3 is 2.14 bits per heavy atom. The van der Waals surface area contributed by atoms with Gasteiger partial charge in [0.15, 0.2) is 0 Å². The first-order valence-electron chi connectivity index (χ1n) is 17.1. The maximum absolute atomic E-state index is 4.51. The van der Waals surface area contributed by atoms with Gasteiger partial charge in [-0.2, -0.15) is 0 Å². The molecule has 238 valence electrons. The molecule has 0 saturated heterocycles. The predicted octanol–water partition coefficient (Wildman–Crippen LogP) is 11.3. The Hall–Kier alpha value is -6.50. The Balaban J connectivity index is 1.19. The molecular formula is C47H35N3. The van der Waals surface area contributed by atoms with Crippen molar-refractivity contribution in [2.45, 2.75) is 12.0 Å². The van der Waals surface area contributed by atoms with E-state index in [4.69, 9.17) is 0 Å². The second-order valence-corrected chi connectivity index (χ2v) is 13.0. The molecule has 2 unspecified atom stereocenters. The van der Waals surface area contributed by atoms with Gasteiger partial charge in [0.05, 0.1) is 34.4 Å². The molecule has 6 aromatic carbocycles. The molecule has 3 nitrogen and oxygen atoms in total. The van der Waals surface area contributed by atoms with Crippen LogP contribution in [0.3, 0.4) is 0 Å². The highest BCUT2D eigenvalue weighted by molar-refractivity contribution is 6.12. The highest BCUT2D eigenvalue weighted by Gasteiger charge is 2.30. The number of fused-ring (bicyclic) bond motifs is 5. The molecule has 0 N–H and O–H groups in total. The van der Waals surface area contributed by atoms with Crippen molar-refractivity contribution in [3.05, 3.63) is 199 Å². The van der Waals surface area contributed by atoms with Crippen LogP contribution in [0.5, 0.6) is 0 Å². The van der Waals surface area contributed by atoms with Gasteiger partial charge in [0, 0.05) is 46.5 Å². The van der Waals surface area contributed by atoms with Crippen molar-refractivity contribution in [1.82, 2.24) is 4.57 Å². The number of benzene rings is 6. The van der Waals surface area contributed by atoms with E-state index in [2.05, 4.69) is 210 Å². The van der Waals surface area contributed by atoms with Crippen LogP contribution in [0, 0.1) is 11.8 Å². The maximum Gasteiger partial charge on any atom is 0.0718 e. The fraction of sp³-hybridized carbons (Fsp3) is 0.0638. The molecule has 0 aliphatic carbocycles. The van der Waals surface area contributed by atoms with Crippen LogP contribution >= 0.6 is 0 Å². The van der Waals surface area contributed by atoms with Crippen LogP contribution in [0.4, 0.5) is 17.1 Å². The third-order valence-electron chi connectivity index (χ3n) is 10.1. The van der Waals surface area contributed by atoms with Crippen LogP contribution in [0.25, 0.3) is 33.1 Å². The number of nitrogens with zero attached hydrogens (tertiary/aromatic N) is 3. The van der Waals surface area contributed by atoms with E-state index in [1.807, 2.05) is 0 Å². The summed E-state index contributed by atoms with van der Waals surface area (Å²) in [6.45, 7) is 4.51. The lowest BCUT2D eigenvalue weighted by Crippen LogP contribution is -2.29. The van der Waals surface area contributed by atoms with Gasteiger partial charge in [0.25, 0.3) is 0 Å². The summed E-state index contributed by atoms with van der Waals surface area (Å²) in [5.74, 6) is 7.17. The fourth-order valence-corrected chi connectivity index (χ4v) is 7.69. The molecule has 1 aromatic heterocycles. The minimum Gasteiger partial charge on any atom is -0.365 e. The number of hydrogen-bond acceptors (Lipinski definition) is 2. The van der Waals surface area contributed by atoms with E-state index in [-0.39, 0.29) is 12.0 Å². The summed E-state index contributed by atoms with van der Waals surface area (Å²) in [5, 5.41) is 2.44. The number of likely N-dealkylation sites (N-methyl/N-ethyl adjacent to an activating group) is 1. The van der Waals surface area contributed by atoms with Gasteiger partial charge in [-0.15, -0.1) is 0 Å². The van der Waals surface area contributed by atoms with Crippen molar-refractivity contribution in [1.29, 1.82) is 0 Å². The van der Waals surface area contributed by atoms with Gasteiger partial charge < -0.3 is 14.4 Å². The van der Waals surface area contributed by atoms with Gasteiger partial charge in [-0.1, -0.05) is 122 Å². The molecule has 0 fully saturated rings.